The number of allylic oxidation sites excluding steroid dienone is 2. The summed E-state index contributed by atoms with van der Waals surface area (Å²) in [7, 11) is 0. The molecule has 0 bridgehead atoms. The third-order valence-electron chi connectivity index (χ3n) is 0.909. The van der Waals surface area contributed by atoms with Gasteiger partial charge in [0, 0.05) is 6.08 Å². The van der Waals surface area contributed by atoms with E-state index >= 15 is 0 Å². The Labute approximate surface area is 99.2 Å². The molecule has 3 nitrogen and oxygen atoms in total. The van der Waals surface area contributed by atoms with Gasteiger partial charge < -0.3 is 9.53 Å². The van der Waals surface area contributed by atoms with Crippen LogP contribution in [0.25, 0.3) is 0 Å². The molecule has 0 heterocycles. The molecule has 16 heavy (non-hydrogen) atoms. The van der Waals surface area contributed by atoms with Crippen LogP contribution in [0.15, 0.2) is 24.8 Å². The summed E-state index contributed by atoms with van der Waals surface area (Å²) in [6, 6.07) is 0. The van der Waals surface area contributed by atoms with E-state index in [1.54, 1.807) is 12.2 Å². The first kappa shape index (κ1) is 20.1. The highest BCUT2D eigenvalue weighted by atomic mass is 16.5. The van der Waals surface area contributed by atoms with E-state index in [4.69, 9.17) is 9.53 Å². The van der Waals surface area contributed by atoms with Gasteiger partial charge in [0.15, 0.2) is 0 Å². The van der Waals surface area contributed by atoms with E-state index in [2.05, 4.69) is 20.4 Å². The predicted molar refractivity (Wildman–Crippen MR) is 68.3 cm³/mol. The standard InChI is InChI=1S/C9H14O2.C3H8.CH2O/c1-4-5-6-7-9(10)11-8(2)3;1-3-2;1-2/h4,6-8H,1,5H2,2-3H3;3H2,1-2H3;1H2/b7-6+;;. The summed E-state index contributed by atoms with van der Waals surface area (Å²) in [5.74, 6) is -0.290. The van der Waals surface area contributed by atoms with Gasteiger partial charge in [-0.2, -0.15) is 0 Å². The van der Waals surface area contributed by atoms with Crippen LogP contribution >= 0.6 is 0 Å². The summed E-state index contributed by atoms with van der Waals surface area (Å²) in [6.45, 7) is 13.4. The number of esters is 1. The van der Waals surface area contributed by atoms with Crippen molar-refractivity contribution in [3.05, 3.63) is 24.8 Å². The molecule has 0 spiro atoms. The fraction of sp³-hybridized carbons (Fsp3) is 0.538. The third-order valence-corrected chi connectivity index (χ3v) is 0.909. The Hall–Kier alpha value is -1.38. The van der Waals surface area contributed by atoms with Crippen molar-refractivity contribution in [1.29, 1.82) is 0 Å². The topological polar surface area (TPSA) is 43.4 Å². The van der Waals surface area contributed by atoms with Crippen LogP contribution in [-0.2, 0) is 14.3 Å². The second-order valence-electron chi connectivity index (χ2n) is 3.12. The maximum absolute atomic E-state index is 10.8. The maximum Gasteiger partial charge on any atom is 0.330 e. The molecule has 0 aliphatic heterocycles. The summed E-state index contributed by atoms with van der Waals surface area (Å²) < 4.78 is 4.84. The molecule has 0 atom stereocenters. The first-order valence-electron chi connectivity index (χ1n) is 5.35. The molecule has 0 aromatic heterocycles. The lowest BCUT2D eigenvalue weighted by Gasteiger charge is -2.03. The molecule has 0 rings (SSSR count). The van der Waals surface area contributed by atoms with Crippen molar-refractivity contribution in [3.63, 3.8) is 0 Å². The highest BCUT2D eigenvalue weighted by molar-refractivity contribution is 5.81. The van der Waals surface area contributed by atoms with Crippen LogP contribution in [0.2, 0.25) is 0 Å². The van der Waals surface area contributed by atoms with E-state index in [1.807, 2.05) is 20.6 Å². The largest absolute Gasteiger partial charge is 0.460 e. The fourth-order valence-corrected chi connectivity index (χ4v) is 0.532. The Morgan fingerprint density at radius 2 is 1.75 bits per heavy atom. The first-order valence-corrected chi connectivity index (χ1v) is 5.35. The quantitative estimate of drug-likeness (QED) is 0.421. The normalized spacial score (nSPS) is 8.56. The molecule has 0 N–H and O–H groups in total. The Morgan fingerprint density at radius 3 is 2.06 bits per heavy atom. The van der Waals surface area contributed by atoms with E-state index in [1.165, 1.54) is 12.5 Å². The molecule has 0 unspecified atom stereocenters. The minimum absolute atomic E-state index is 0.0455. The van der Waals surface area contributed by atoms with Crippen LogP contribution < -0.4 is 0 Å². The summed E-state index contributed by atoms with van der Waals surface area (Å²) in [5, 5.41) is 0. The number of hydrogen-bond donors (Lipinski definition) is 0. The van der Waals surface area contributed by atoms with Crippen LogP contribution in [0.5, 0.6) is 0 Å². The number of rotatable bonds is 4. The number of carbonyl (C=O) groups excluding carboxylic acids is 2. The second kappa shape index (κ2) is 19.2. The van der Waals surface area contributed by atoms with Gasteiger partial charge in [-0.05, 0) is 20.3 Å². The highest BCUT2D eigenvalue weighted by Crippen LogP contribution is 1.91. The Balaban J connectivity index is -0.000000289. The molecular weight excluding hydrogens is 204 g/mol. The predicted octanol–water partition coefficient (Wildman–Crippen LogP) is 3.30. The average Bonchev–Trinajstić information content (AvgIpc) is 2.21. The van der Waals surface area contributed by atoms with Crippen LogP contribution in [0.3, 0.4) is 0 Å². The minimum Gasteiger partial charge on any atom is -0.460 e. The molecule has 0 fully saturated rings. The molecule has 0 aromatic carbocycles. The SMILES string of the molecule is C=CC/C=C/C(=O)OC(C)C.C=O.CCC. The fourth-order valence-electron chi connectivity index (χ4n) is 0.532. The molecule has 0 amide bonds. The van der Waals surface area contributed by atoms with Crippen molar-refractivity contribution in [1.82, 2.24) is 0 Å². The van der Waals surface area contributed by atoms with Gasteiger partial charge in [0.1, 0.15) is 6.79 Å². The Bertz CT molecular complexity index is 184. The molecule has 0 radical (unpaired) electrons. The number of ether oxygens (including phenoxy) is 1. The van der Waals surface area contributed by atoms with Gasteiger partial charge in [-0.15, -0.1) is 6.58 Å². The zero-order valence-corrected chi connectivity index (χ0v) is 10.9. The lowest BCUT2D eigenvalue weighted by atomic mass is 10.4. The van der Waals surface area contributed by atoms with Crippen molar-refractivity contribution in [2.45, 2.75) is 46.6 Å². The lowest BCUT2D eigenvalue weighted by molar-refractivity contribution is -0.141. The van der Waals surface area contributed by atoms with E-state index in [9.17, 15) is 4.79 Å². The molecule has 0 saturated heterocycles. The van der Waals surface area contributed by atoms with Gasteiger partial charge in [0.2, 0.25) is 0 Å². The average molecular weight is 228 g/mol. The molecule has 94 valence electrons. The second-order valence-corrected chi connectivity index (χ2v) is 3.12. The number of carbonyl (C=O) groups is 2. The van der Waals surface area contributed by atoms with E-state index in [-0.39, 0.29) is 12.1 Å². The van der Waals surface area contributed by atoms with Gasteiger partial charge >= 0.3 is 5.97 Å². The highest BCUT2D eigenvalue weighted by Gasteiger charge is 1.97. The lowest BCUT2D eigenvalue weighted by Crippen LogP contribution is -2.08. The van der Waals surface area contributed by atoms with Gasteiger partial charge in [-0.1, -0.05) is 32.4 Å². The van der Waals surface area contributed by atoms with Gasteiger partial charge in [0.25, 0.3) is 0 Å². The monoisotopic (exact) mass is 228 g/mol. The Morgan fingerprint density at radius 1 is 1.31 bits per heavy atom. The zero-order chi connectivity index (χ0) is 13.4. The third kappa shape index (κ3) is 29.3. The van der Waals surface area contributed by atoms with E-state index in [0.717, 1.165) is 0 Å². The minimum atomic E-state index is -0.290. The van der Waals surface area contributed by atoms with E-state index in [0.29, 0.717) is 6.42 Å². The summed E-state index contributed by atoms with van der Waals surface area (Å²) in [6.07, 6.45) is 6.77. The smallest absolute Gasteiger partial charge is 0.330 e. The molecule has 0 aliphatic rings. The van der Waals surface area contributed by atoms with Crippen LogP contribution in [0, 0.1) is 0 Å². The molecule has 0 aliphatic carbocycles. The van der Waals surface area contributed by atoms with E-state index < -0.39 is 0 Å². The van der Waals surface area contributed by atoms with Crippen molar-refractivity contribution >= 4 is 12.8 Å². The van der Waals surface area contributed by atoms with Crippen molar-refractivity contribution in [2.75, 3.05) is 0 Å². The van der Waals surface area contributed by atoms with Gasteiger partial charge in [-0.25, -0.2) is 4.79 Å². The maximum atomic E-state index is 10.8. The molecule has 0 saturated carbocycles. The molecule has 3 heteroatoms. The van der Waals surface area contributed by atoms with Gasteiger partial charge in [-0.3, -0.25) is 0 Å². The van der Waals surface area contributed by atoms with Crippen LogP contribution in [0.1, 0.15) is 40.5 Å². The van der Waals surface area contributed by atoms with Crippen LogP contribution in [-0.4, -0.2) is 18.9 Å². The number of hydrogen-bond acceptors (Lipinski definition) is 3. The van der Waals surface area contributed by atoms with Gasteiger partial charge in [0.05, 0.1) is 6.10 Å². The zero-order valence-electron chi connectivity index (χ0n) is 10.9. The Kier molecular flexibility index (Phi) is 24.1. The summed E-state index contributed by atoms with van der Waals surface area (Å²) in [5.41, 5.74) is 0. The van der Waals surface area contributed by atoms with Crippen molar-refractivity contribution in [3.8, 4) is 0 Å². The van der Waals surface area contributed by atoms with Crippen molar-refractivity contribution in [2.24, 2.45) is 0 Å². The molecule has 0 aromatic rings. The van der Waals surface area contributed by atoms with Crippen molar-refractivity contribution < 1.29 is 14.3 Å². The first-order chi connectivity index (χ1) is 7.58. The summed E-state index contributed by atoms with van der Waals surface area (Å²) in [4.78, 5) is 18.8. The molecular formula is C13H24O3. The summed E-state index contributed by atoms with van der Waals surface area (Å²) >= 11 is 0. The van der Waals surface area contributed by atoms with Crippen LogP contribution in [0.4, 0.5) is 0 Å².